The van der Waals surface area contributed by atoms with E-state index in [1.54, 1.807) is 0 Å². The molecule has 3 heteroatoms. The van der Waals surface area contributed by atoms with Gasteiger partial charge in [-0.05, 0) is 72.4 Å². The summed E-state index contributed by atoms with van der Waals surface area (Å²) in [6, 6.07) is 0.676. The summed E-state index contributed by atoms with van der Waals surface area (Å²) in [4.78, 5) is 2.64. The van der Waals surface area contributed by atoms with E-state index in [4.69, 9.17) is 0 Å². The lowest BCUT2D eigenvalue weighted by molar-refractivity contribution is 0.149. The molecule has 0 aromatic rings. The average molecular weight is 268 g/mol. The number of unbranched alkanes of at least 4 members (excludes halogenated alkanes) is 1. The van der Waals surface area contributed by atoms with Crippen LogP contribution in [0.25, 0.3) is 0 Å². The first-order chi connectivity index (χ1) is 8.95. The number of hydrogen-bond acceptors (Lipinski definition) is 3. The molecule has 3 nitrogen and oxygen atoms in total. The molecule has 1 aliphatic heterocycles. The third kappa shape index (κ3) is 4.44. The van der Waals surface area contributed by atoms with E-state index in [1.165, 1.54) is 51.6 Å². The zero-order chi connectivity index (χ0) is 13.9. The predicted octanol–water partition coefficient (Wildman–Crippen LogP) is 2.53. The van der Waals surface area contributed by atoms with E-state index in [9.17, 15) is 5.11 Å². The molecule has 0 aromatic heterocycles. The molecule has 19 heavy (non-hydrogen) atoms. The summed E-state index contributed by atoms with van der Waals surface area (Å²) >= 11 is 0. The van der Waals surface area contributed by atoms with Gasteiger partial charge >= 0.3 is 0 Å². The fourth-order valence-electron chi connectivity index (χ4n) is 3.31. The van der Waals surface area contributed by atoms with Gasteiger partial charge in [-0.1, -0.05) is 6.42 Å². The minimum atomic E-state index is -0.0539. The number of nitrogens with one attached hydrogen (secondary N) is 1. The normalized spacial score (nSPS) is 26.5. The number of rotatable bonds is 8. The lowest BCUT2D eigenvalue weighted by Gasteiger charge is -2.32. The molecule has 1 saturated heterocycles. The van der Waals surface area contributed by atoms with E-state index in [0.29, 0.717) is 11.6 Å². The van der Waals surface area contributed by atoms with Crippen molar-refractivity contribution in [3.63, 3.8) is 0 Å². The minimum Gasteiger partial charge on any atom is -0.394 e. The summed E-state index contributed by atoms with van der Waals surface area (Å²) in [6.45, 7) is 9.66. The molecule has 0 aromatic carbocycles. The summed E-state index contributed by atoms with van der Waals surface area (Å²) in [7, 11) is 0. The molecule has 1 unspecified atom stereocenters. The maximum atomic E-state index is 9.58. The molecule has 2 N–H and O–H groups in total. The minimum absolute atomic E-state index is 0.0539. The molecule has 0 spiro atoms. The number of aliphatic hydroxyl groups is 1. The van der Waals surface area contributed by atoms with Gasteiger partial charge < -0.3 is 10.4 Å². The van der Waals surface area contributed by atoms with Gasteiger partial charge in [0.2, 0.25) is 0 Å². The fourth-order valence-corrected chi connectivity index (χ4v) is 3.31. The van der Waals surface area contributed by atoms with E-state index >= 15 is 0 Å². The van der Waals surface area contributed by atoms with Crippen molar-refractivity contribution < 1.29 is 5.11 Å². The highest BCUT2D eigenvalue weighted by Gasteiger charge is 2.33. The molecule has 1 atom stereocenters. The van der Waals surface area contributed by atoms with E-state index in [0.717, 1.165) is 6.42 Å². The summed E-state index contributed by atoms with van der Waals surface area (Å²) in [6.07, 6.45) is 8.83. The first-order valence-electron chi connectivity index (χ1n) is 8.09. The molecule has 2 aliphatic rings. The van der Waals surface area contributed by atoms with Crippen LogP contribution in [0.4, 0.5) is 0 Å². The second-order valence-electron chi connectivity index (χ2n) is 7.50. The van der Waals surface area contributed by atoms with Gasteiger partial charge in [0.15, 0.2) is 0 Å². The van der Waals surface area contributed by atoms with Gasteiger partial charge in [-0.25, -0.2) is 0 Å². The van der Waals surface area contributed by atoms with Crippen LogP contribution >= 0.6 is 0 Å². The van der Waals surface area contributed by atoms with Crippen molar-refractivity contribution in [2.24, 2.45) is 0 Å². The summed E-state index contributed by atoms with van der Waals surface area (Å²) < 4.78 is 0. The van der Waals surface area contributed by atoms with Crippen LogP contribution in [0.2, 0.25) is 0 Å². The van der Waals surface area contributed by atoms with Crippen molar-refractivity contribution >= 4 is 0 Å². The molecule has 0 radical (unpaired) electrons. The molecule has 1 heterocycles. The summed E-state index contributed by atoms with van der Waals surface area (Å²) in [5.41, 5.74) is 0.355. The average Bonchev–Trinajstić information content (AvgIpc) is 3.09. The largest absolute Gasteiger partial charge is 0.394 e. The van der Waals surface area contributed by atoms with Crippen molar-refractivity contribution in [3.8, 4) is 0 Å². The van der Waals surface area contributed by atoms with Gasteiger partial charge in [0, 0.05) is 17.1 Å². The Morgan fingerprint density at radius 1 is 1.32 bits per heavy atom. The van der Waals surface area contributed by atoms with Crippen LogP contribution < -0.4 is 5.32 Å². The first-order valence-corrected chi connectivity index (χ1v) is 8.09. The topological polar surface area (TPSA) is 35.5 Å². The predicted molar refractivity (Wildman–Crippen MR) is 80.4 cm³/mol. The molecule has 0 amide bonds. The van der Waals surface area contributed by atoms with Crippen LogP contribution in [0, 0.1) is 0 Å². The van der Waals surface area contributed by atoms with E-state index < -0.39 is 0 Å². The number of likely N-dealkylation sites (tertiary alicyclic amines) is 1. The Bertz CT molecular complexity index is 288. The van der Waals surface area contributed by atoms with Crippen molar-refractivity contribution in [2.45, 2.75) is 82.8 Å². The molecule has 1 saturated carbocycles. The Morgan fingerprint density at radius 2 is 2.05 bits per heavy atom. The zero-order valence-corrected chi connectivity index (χ0v) is 13.0. The van der Waals surface area contributed by atoms with Crippen LogP contribution in [0.5, 0.6) is 0 Å². The number of aliphatic hydroxyl groups excluding tert-OH is 1. The smallest absolute Gasteiger partial charge is 0.0610 e. The SMILES string of the molecule is CC(CO)(CCCCN1CCCC1(C)C)NC1CC1. The Kier molecular flexibility index (Phi) is 4.91. The van der Waals surface area contributed by atoms with Crippen LogP contribution in [0.3, 0.4) is 0 Å². The molecular formula is C16H32N2O. The van der Waals surface area contributed by atoms with E-state index in [2.05, 4.69) is 31.0 Å². The van der Waals surface area contributed by atoms with Crippen molar-refractivity contribution in [1.82, 2.24) is 10.2 Å². The Labute approximate surface area is 118 Å². The second-order valence-corrected chi connectivity index (χ2v) is 7.50. The van der Waals surface area contributed by atoms with Gasteiger partial charge in [0.1, 0.15) is 0 Å². The van der Waals surface area contributed by atoms with Crippen LogP contribution in [-0.2, 0) is 0 Å². The van der Waals surface area contributed by atoms with E-state index in [1.807, 2.05) is 0 Å². The zero-order valence-electron chi connectivity index (χ0n) is 13.0. The van der Waals surface area contributed by atoms with Gasteiger partial charge in [0.25, 0.3) is 0 Å². The Morgan fingerprint density at radius 3 is 2.58 bits per heavy atom. The number of nitrogens with zero attached hydrogens (tertiary/aromatic N) is 1. The third-order valence-corrected chi connectivity index (χ3v) is 4.96. The highest BCUT2D eigenvalue weighted by molar-refractivity contribution is 4.92. The summed E-state index contributed by atoms with van der Waals surface area (Å²) in [5.74, 6) is 0. The molecule has 2 rings (SSSR count). The Balaban J connectivity index is 1.65. The van der Waals surface area contributed by atoms with Gasteiger partial charge in [-0.2, -0.15) is 0 Å². The maximum Gasteiger partial charge on any atom is 0.0610 e. The molecule has 112 valence electrons. The highest BCUT2D eigenvalue weighted by atomic mass is 16.3. The van der Waals surface area contributed by atoms with Gasteiger partial charge in [-0.15, -0.1) is 0 Å². The molecule has 2 fully saturated rings. The third-order valence-electron chi connectivity index (χ3n) is 4.96. The van der Waals surface area contributed by atoms with Gasteiger partial charge in [0.05, 0.1) is 6.61 Å². The highest BCUT2D eigenvalue weighted by Crippen LogP contribution is 2.29. The lowest BCUT2D eigenvalue weighted by Crippen LogP contribution is -2.47. The lowest BCUT2D eigenvalue weighted by atomic mass is 9.95. The standard InChI is InChI=1S/C16H32N2O/c1-15(2)9-6-12-18(15)11-5-4-10-16(3,13-19)17-14-7-8-14/h14,17,19H,4-13H2,1-3H3. The molecular weight excluding hydrogens is 236 g/mol. The van der Waals surface area contributed by atoms with E-state index in [-0.39, 0.29) is 12.1 Å². The van der Waals surface area contributed by atoms with Crippen LogP contribution in [0.15, 0.2) is 0 Å². The fraction of sp³-hybridized carbons (Fsp3) is 1.00. The Hall–Kier alpha value is -0.120. The first kappa shape index (κ1) is 15.3. The molecule has 1 aliphatic carbocycles. The second kappa shape index (κ2) is 6.11. The quantitative estimate of drug-likeness (QED) is 0.664. The van der Waals surface area contributed by atoms with Crippen molar-refractivity contribution in [3.05, 3.63) is 0 Å². The van der Waals surface area contributed by atoms with Gasteiger partial charge in [-0.3, -0.25) is 4.90 Å². The maximum absolute atomic E-state index is 9.58. The summed E-state index contributed by atoms with van der Waals surface area (Å²) in [5, 5.41) is 13.2. The van der Waals surface area contributed by atoms with Crippen LogP contribution in [-0.4, -0.2) is 46.8 Å². The van der Waals surface area contributed by atoms with Crippen molar-refractivity contribution in [1.29, 1.82) is 0 Å². The van der Waals surface area contributed by atoms with Crippen LogP contribution in [0.1, 0.15) is 65.7 Å². The number of hydrogen-bond donors (Lipinski definition) is 2. The monoisotopic (exact) mass is 268 g/mol. The van der Waals surface area contributed by atoms with Crippen molar-refractivity contribution in [2.75, 3.05) is 19.7 Å². The molecule has 0 bridgehead atoms.